The highest BCUT2D eigenvalue weighted by Gasteiger charge is 2.49. The Kier molecular flexibility index (Phi) is 2.83. The summed E-state index contributed by atoms with van der Waals surface area (Å²) < 4.78 is 7.28. The largest absolute Gasteiger partial charge is 0.493 e. The van der Waals surface area contributed by atoms with Crippen LogP contribution in [0.4, 0.5) is 0 Å². The maximum absolute atomic E-state index is 11.2. The van der Waals surface area contributed by atoms with Gasteiger partial charge in [-0.15, -0.1) is 0 Å². The Labute approximate surface area is 107 Å². The highest BCUT2D eigenvalue weighted by Crippen LogP contribution is 2.45. The number of hydrogen-bond donors (Lipinski definition) is 1. The fraction of sp³-hybridized carbons (Fsp3) is 0.769. The highest BCUT2D eigenvalue weighted by atomic mass is 16.5. The maximum atomic E-state index is 11.2. The van der Waals surface area contributed by atoms with Crippen LogP contribution in [0.3, 0.4) is 0 Å². The van der Waals surface area contributed by atoms with Crippen molar-refractivity contribution in [3.8, 4) is 5.75 Å². The number of aryl methyl sites for hydroxylation is 1. The van der Waals surface area contributed by atoms with Gasteiger partial charge in [0, 0.05) is 25.6 Å². The molecular weight excluding hydrogens is 230 g/mol. The number of aromatic nitrogens is 2. The van der Waals surface area contributed by atoms with E-state index in [0.29, 0.717) is 5.92 Å². The van der Waals surface area contributed by atoms with E-state index in [-0.39, 0.29) is 0 Å². The summed E-state index contributed by atoms with van der Waals surface area (Å²) in [4.78, 5) is 2.43. The van der Waals surface area contributed by atoms with Crippen molar-refractivity contribution < 1.29 is 9.84 Å². The van der Waals surface area contributed by atoms with Crippen LogP contribution >= 0.6 is 0 Å². The monoisotopic (exact) mass is 251 g/mol. The van der Waals surface area contributed by atoms with Gasteiger partial charge in [-0.05, 0) is 26.3 Å². The molecule has 2 saturated heterocycles. The van der Waals surface area contributed by atoms with Crippen molar-refractivity contribution in [2.75, 3.05) is 26.7 Å². The van der Waals surface area contributed by atoms with Gasteiger partial charge in [0.05, 0.1) is 13.3 Å². The molecule has 2 fully saturated rings. The SMILES string of the molecule is CCn1ncc(OC)c1C1(O)CCN2CCC1C2. The van der Waals surface area contributed by atoms with Gasteiger partial charge >= 0.3 is 0 Å². The topological polar surface area (TPSA) is 50.5 Å². The molecule has 0 amide bonds. The van der Waals surface area contributed by atoms with E-state index >= 15 is 0 Å². The summed E-state index contributed by atoms with van der Waals surface area (Å²) in [5.41, 5.74) is 0.101. The molecule has 0 spiro atoms. The van der Waals surface area contributed by atoms with Crippen LogP contribution in [0.25, 0.3) is 0 Å². The third kappa shape index (κ3) is 1.57. The highest BCUT2D eigenvalue weighted by molar-refractivity contribution is 5.32. The Morgan fingerprint density at radius 1 is 1.56 bits per heavy atom. The number of methoxy groups -OCH3 is 1. The molecule has 3 unspecified atom stereocenters. The van der Waals surface area contributed by atoms with E-state index in [1.54, 1.807) is 13.3 Å². The molecule has 0 aliphatic carbocycles. The van der Waals surface area contributed by atoms with Crippen LogP contribution in [-0.2, 0) is 12.1 Å². The van der Waals surface area contributed by atoms with Crippen LogP contribution in [0.1, 0.15) is 25.5 Å². The van der Waals surface area contributed by atoms with Crippen LogP contribution in [0.2, 0.25) is 0 Å². The van der Waals surface area contributed by atoms with Crippen molar-refractivity contribution in [3.63, 3.8) is 0 Å². The van der Waals surface area contributed by atoms with Crippen molar-refractivity contribution >= 4 is 0 Å². The number of piperidine rings is 1. The number of nitrogens with zero attached hydrogens (tertiary/aromatic N) is 3. The maximum Gasteiger partial charge on any atom is 0.162 e. The normalized spacial score (nSPS) is 34.8. The summed E-state index contributed by atoms with van der Waals surface area (Å²) in [7, 11) is 1.65. The van der Waals surface area contributed by atoms with Gasteiger partial charge in [-0.1, -0.05) is 0 Å². The Hall–Kier alpha value is -1.07. The van der Waals surface area contributed by atoms with E-state index in [1.807, 2.05) is 11.6 Å². The summed E-state index contributed by atoms with van der Waals surface area (Å²) in [6.45, 7) is 5.87. The van der Waals surface area contributed by atoms with Crippen LogP contribution in [0.15, 0.2) is 6.20 Å². The predicted molar refractivity (Wildman–Crippen MR) is 67.5 cm³/mol. The zero-order valence-electron chi connectivity index (χ0n) is 11.1. The van der Waals surface area contributed by atoms with E-state index in [1.165, 1.54) is 0 Å². The van der Waals surface area contributed by atoms with Gasteiger partial charge in [0.25, 0.3) is 0 Å². The molecule has 2 bridgehead atoms. The molecule has 3 rings (SSSR count). The third-order valence-corrected chi connectivity index (χ3v) is 4.49. The summed E-state index contributed by atoms with van der Waals surface area (Å²) >= 11 is 0. The lowest BCUT2D eigenvalue weighted by molar-refractivity contribution is -0.0584. The van der Waals surface area contributed by atoms with E-state index in [0.717, 1.165) is 50.5 Å². The second kappa shape index (κ2) is 4.24. The molecule has 5 heteroatoms. The predicted octanol–water partition coefficient (Wildman–Crippen LogP) is 0.825. The Morgan fingerprint density at radius 3 is 3.11 bits per heavy atom. The van der Waals surface area contributed by atoms with Crippen LogP contribution in [0, 0.1) is 5.92 Å². The lowest BCUT2D eigenvalue weighted by atomic mass is 9.79. The van der Waals surface area contributed by atoms with E-state index < -0.39 is 5.60 Å². The molecular formula is C13H21N3O2. The van der Waals surface area contributed by atoms with Gasteiger partial charge in [-0.3, -0.25) is 4.68 Å². The average Bonchev–Trinajstić information content (AvgIpc) is 2.99. The molecule has 100 valence electrons. The van der Waals surface area contributed by atoms with Crippen LogP contribution in [0.5, 0.6) is 5.75 Å². The fourth-order valence-corrected chi connectivity index (χ4v) is 3.46. The Balaban J connectivity index is 2.04. The van der Waals surface area contributed by atoms with Crippen LogP contribution < -0.4 is 4.74 Å². The Morgan fingerprint density at radius 2 is 2.39 bits per heavy atom. The molecule has 1 aromatic heterocycles. The van der Waals surface area contributed by atoms with Crippen molar-refractivity contribution in [1.82, 2.24) is 14.7 Å². The molecule has 0 saturated carbocycles. The molecule has 18 heavy (non-hydrogen) atoms. The minimum atomic E-state index is -0.773. The minimum absolute atomic E-state index is 0.308. The first-order valence-electron chi connectivity index (χ1n) is 6.74. The Bertz CT molecular complexity index is 424. The molecule has 3 heterocycles. The van der Waals surface area contributed by atoms with Crippen molar-refractivity contribution in [1.29, 1.82) is 0 Å². The first-order chi connectivity index (χ1) is 8.69. The summed E-state index contributed by atoms with van der Waals surface area (Å²) in [6.07, 6.45) is 3.56. The fourth-order valence-electron chi connectivity index (χ4n) is 3.46. The molecule has 5 nitrogen and oxygen atoms in total. The van der Waals surface area contributed by atoms with Gasteiger partial charge in [-0.25, -0.2) is 0 Å². The van der Waals surface area contributed by atoms with Crippen molar-refractivity contribution in [2.24, 2.45) is 5.92 Å². The van der Waals surface area contributed by atoms with Crippen LogP contribution in [-0.4, -0.2) is 46.5 Å². The van der Waals surface area contributed by atoms with E-state index in [2.05, 4.69) is 10.00 Å². The summed E-state index contributed by atoms with van der Waals surface area (Å²) in [5, 5.41) is 15.5. The molecule has 0 aromatic carbocycles. The smallest absolute Gasteiger partial charge is 0.162 e. The first kappa shape index (κ1) is 12.0. The third-order valence-electron chi connectivity index (χ3n) is 4.49. The van der Waals surface area contributed by atoms with Gasteiger partial charge in [0.2, 0.25) is 0 Å². The summed E-state index contributed by atoms with van der Waals surface area (Å²) in [5.74, 6) is 1.03. The van der Waals surface area contributed by atoms with E-state index in [4.69, 9.17) is 4.74 Å². The molecule has 0 radical (unpaired) electrons. The zero-order chi connectivity index (χ0) is 12.8. The molecule has 3 atom stereocenters. The lowest BCUT2D eigenvalue weighted by Crippen LogP contribution is -2.45. The number of aliphatic hydroxyl groups is 1. The van der Waals surface area contributed by atoms with Gasteiger partial charge in [0.1, 0.15) is 11.3 Å². The standard InChI is InChI=1S/C13H21N3O2/c1-3-16-12(11(18-2)8-14-16)13(17)5-7-15-6-4-10(13)9-15/h8,10,17H,3-7,9H2,1-2H3. The van der Waals surface area contributed by atoms with Gasteiger partial charge in [-0.2, -0.15) is 5.10 Å². The van der Waals surface area contributed by atoms with Crippen molar-refractivity contribution in [3.05, 3.63) is 11.9 Å². The number of hydrogen-bond acceptors (Lipinski definition) is 4. The second-order valence-electron chi connectivity index (χ2n) is 5.34. The summed E-state index contributed by atoms with van der Waals surface area (Å²) in [6, 6.07) is 0. The molecule has 2 aliphatic heterocycles. The molecule has 1 aromatic rings. The molecule has 1 N–H and O–H groups in total. The number of rotatable bonds is 3. The zero-order valence-corrected chi connectivity index (χ0v) is 11.1. The lowest BCUT2D eigenvalue weighted by Gasteiger charge is -2.39. The average molecular weight is 251 g/mol. The van der Waals surface area contributed by atoms with E-state index in [9.17, 15) is 5.11 Å². The minimum Gasteiger partial charge on any atom is -0.493 e. The second-order valence-corrected chi connectivity index (χ2v) is 5.34. The van der Waals surface area contributed by atoms with Crippen molar-refractivity contribution in [2.45, 2.75) is 31.9 Å². The van der Waals surface area contributed by atoms with Gasteiger partial charge < -0.3 is 14.7 Å². The first-order valence-corrected chi connectivity index (χ1v) is 6.74. The quantitative estimate of drug-likeness (QED) is 0.864. The number of ether oxygens (including phenoxy) is 1. The molecule has 2 aliphatic rings. The van der Waals surface area contributed by atoms with Gasteiger partial charge in [0.15, 0.2) is 5.75 Å². The number of fused-ring (bicyclic) bond motifs is 2.